The molecule has 0 bridgehead atoms. The van der Waals surface area contributed by atoms with Gasteiger partial charge in [0, 0.05) is 5.41 Å². The number of carboxylic acids is 1. The fourth-order valence-electron chi connectivity index (χ4n) is 6.01. The van der Waals surface area contributed by atoms with Crippen molar-refractivity contribution in [2.75, 3.05) is 0 Å². The quantitative estimate of drug-likeness (QED) is 0.590. The maximum atomic E-state index is 13.4. The molecule has 5 rings (SSSR count). The first-order valence-corrected chi connectivity index (χ1v) is 11.4. The van der Waals surface area contributed by atoms with E-state index in [0.29, 0.717) is 0 Å². The second-order valence-electron chi connectivity index (χ2n) is 9.03. The lowest BCUT2D eigenvalue weighted by Gasteiger charge is -2.62. The summed E-state index contributed by atoms with van der Waals surface area (Å²) in [4.78, 5) is 24.6. The fraction of sp³-hybridized carbons (Fsp3) is 0.286. The highest BCUT2D eigenvalue weighted by Crippen LogP contribution is 2.63. The molecule has 32 heavy (non-hydrogen) atoms. The molecule has 1 atom stereocenters. The van der Waals surface area contributed by atoms with Gasteiger partial charge in [0.05, 0.1) is 12.0 Å². The van der Waals surface area contributed by atoms with Crippen LogP contribution in [0.15, 0.2) is 78.9 Å². The van der Waals surface area contributed by atoms with Crippen LogP contribution in [0.25, 0.3) is 0 Å². The highest BCUT2D eigenvalue weighted by atomic mass is 16.4. The van der Waals surface area contributed by atoms with Gasteiger partial charge in [0.15, 0.2) is 0 Å². The lowest BCUT2D eigenvalue weighted by molar-refractivity contribution is -0.124. The third-order valence-corrected chi connectivity index (χ3v) is 7.37. The lowest BCUT2D eigenvalue weighted by atomic mass is 9.44. The van der Waals surface area contributed by atoms with E-state index in [9.17, 15) is 9.59 Å². The van der Waals surface area contributed by atoms with Crippen molar-refractivity contribution in [1.82, 2.24) is 5.32 Å². The van der Waals surface area contributed by atoms with Gasteiger partial charge in [-0.25, -0.2) is 4.79 Å². The van der Waals surface area contributed by atoms with Crippen LogP contribution < -0.4 is 5.32 Å². The molecule has 2 aliphatic carbocycles. The van der Waals surface area contributed by atoms with Gasteiger partial charge in [-0.2, -0.15) is 0 Å². The Kier molecular flexibility index (Phi) is 5.09. The summed E-state index contributed by atoms with van der Waals surface area (Å²) >= 11 is 0. The Hall–Kier alpha value is -3.40. The van der Waals surface area contributed by atoms with E-state index in [1.165, 1.54) is 17.5 Å². The first kappa shape index (κ1) is 20.5. The summed E-state index contributed by atoms with van der Waals surface area (Å²) in [6.07, 6.45) is 5.90. The summed E-state index contributed by atoms with van der Waals surface area (Å²) in [5.74, 6) is -1.01. The van der Waals surface area contributed by atoms with E-state index in [4.69, 9.17) is 5.11 Å². The average molecular weight is 426 g/mol. The summed E-state index contributed by atoms with van der Waals surface area (Å²) in [5.41, 5.74) is 4.10. The van der Waals surface area contributed by atoms with Crippen LogP contribution in [-0.2, 0) is 22.2 Å². The number of nitrogens with one attached hydrogen (secondary N) is 1. The molecular weight excluding hydrogens is 398 g/mol. The molecule has 3 aromatic carbocycles. The SMILES string of the molecule is O=C(Cc1ccc(C(=O)O)cc1)NC1(c2ccccc2)c2ccccc2C12CCCCC2. The number of hydrogen-bond donors (Lipinski definition) is 2. The van der Waals surface area contributed by atoms with Gasteiger partial charge in [0.2, 0.25) is 5.91 Å². The number of rotatable bonds is 5. The molecule has 1 unspecified atom stereocenters. The largest absolute Gasteiger partial charge is 0.478 e. The number of carbonyl (C=O) groups excluding carboxylic acids is 1. The number of fused-ring (bicyclic) bond motifs is 2. The molecule has 1 spiro atoms. The molecule has 0 aromatic heterocycles. The summed E-state index contributed by atoms with van der Waals surface area (Å²) in [6.45, 7) is 0. The number of hydrogen-bond acceptors (Lipinski definition) is 2. The van der Waals surface area contributed by atoms with Crippen LogP contribution in [0.2, 0.25) is 0 Å². The van der Waals surface area contributed by atoms with Crippen molar-refractivity contribution >= 4 is 11.9 Å². The number of carbonyl (C=O) groups is 2. The van der Waals surface area contributed by atoms with Gasteiger partial charge in [0.1, 0.15) is 5.54 Å². The number of benzene rings is 3. The van der Waals surface area contributed by atoms with E-state index in [0.717, 1.165) is 36.8 Å². The summed E-state index contributed by atoms with van der Waals surface area (Å²) in [7, 11) is 0. The van der Waals surface area contributed by atoms with Crippen LogP contribution in [0.3, 0.4) is 0 Å². The Balaban J connectivity index is 1.54. The van der Waals surface area contributed by atoms with Gasteiger partial charge in [-0.05, 0) is 47.2 Å². The Morgan fingerprint density at radius 3 is 2.06 bits per heavy atom. The maximum absolute atomic E-state index is 13.4. The van der Waals surface area contributed by atoms with Crippen LogP contribution in [0, 0.1) is 0 Å². The molecule has 2 aliphatic rings. The molecule has 0 heterocycles. The lowest BCUT2D eigenvalue weighted by Crippen LogP contribution is -2.68. The zero-order valence-corrected chi connectivity index (χ0v) is 18.0. The van der Waals surface area contributed by atoms with Crippen molar-refractivity contribution in [3.63, 3.8) is 0 Å². The Morgan fingerprint density at radius 1 is 0.781 bits per heavy atom. The number of amides is 1. The Labute approximate surface area is 188 Å². The molecule has 1 saturated carbocycles. The van der Waals surface area contributed by atoms with E-state index < -0.39 is 11.5 Å². The third kappa shape index (κ3) is 3.05. The molecule has 0 aliphatic heterocycles. The molecule has 4 nitrogen and oxygen atoms in total. The van der Waals surface area contributed by atoms with Gasteiger partial charge in [-0.15, -0.1) is 0 Å². The molecule has 1 fully saturated rings. The van der Waals surface area contributed by atoms with Crippen molar-refractivity contribution < 1.29 is 14.7 Å². The second-order valence-corrected chi connectivity index (χ2v) is 9.03. The van der Waals surface area contributed by atoms with Crippen LogP contribution in [0.1, 0.15) is 64.7 Å². The molecule has 162 valence electrons. The van der Waals surface area contributed by atoms with E-state index in [1.807, 2.05) is 18.2 Å². The first-order valence-electron chi connectivity index (χ1n) is 11.4. The maximum Gasteiger partial charge on any atom is 0.335 e. The predicted octanol–water partition coefficient (Wildman–Crippen LogP) is 5.20. The molecule has 3 aromatic rings. The minimum absolute atomic E-state index is 0.0450. The smallest absolute Gasteiger partial charge is 0.335 e. The average Bonchev–Trinajstić information content (AvgIpc) is 2.84. The molecule has 1 amide bonds. The Morgan fingerprint density at radius 2 is 1.41 bits per heavy atom. The van der Waals surface area contributed by atoms with Crippen molar-refractivity contribution in [2.45, 2.75) is 49.5 Å². The van der Waals surface area contributed by atoms with E-state index >= 15 is 0 Å². The van der Waals surface area contributed by atoms with E-state index in [1.54, 1.807) is 24.3 Å². The fourth-order valence-corrected chi connectivity index (χ4v) is 6.01. The van der Waals surface area contributed by atoms with Crippen molar-refractivity contribution in [2.24, 2.45) is 0 Å². The van der Waals surface area contributed by atoms with Crippen molar-refractivity contribution in [1.29, 1.82) is 0 Å². The van der Waals surface area contributed by atoms with Gasteiger partial charge < -0.3 is 10.4 Å². The topological polar surface area (TPSA) is 66.4 Å². The van der Waals surface area contributed by atoms with E-state index in [2.05, 4.69) is 41.7 Å². The normalized spacial score (nSPS) is 20.8. The van der Waals surface area contributed by atoms with Gasteiger partial charge in [-0.1, -0.05) is 86.0 Å². The zero-order valence-electron chi connectivity index (χ0n) is 18.0. The summed E-state index contributed by atoms with van der Waals surface area (Å²) in [6, 6.07) is 25.5. The summed E-state index contributed by atoms with van der Waals surface area (Å²) < 4.78 is 0. The minimum Gasteiger partial charge on any atom is -0.478 e. The summed E-state index contributed by atoms with van der Waals surface area (Å²) in [5, 5.41) is 12.6. The highest BCUT2D eigenvalue weighted by molar-refractivity contribution is 5.88. The van der Waals surface area contributed by atoms with E-state index in [-0.39, 0.29) is 23.3 Å². The van der Waals surface area contributed by atoms with Gasteiger partial charge in [-0.3, -0.25) is 4.79 Å². The van der Waals surface area contributed by atoms with Gasteiger partial charge >= 0.3 is 5.97 Å². The molecule has 0 saturated heterocycles. The van der Waals surface area contributed by atoms with Crippen LogP contribution in [0.4, 0.5) is 0 Å². The number of aromatic carboxylic acids is 1. The van der Waals surface area contributed by atoms with Gasteiger partial charge in [0.25, 0.3) is 0 Å². The minimum atomic E-state index is -0.964. The Bertz CT molecular complexity index is 1150. The highest BCUT2D eigenvalue weighted by Gasteiger charge is 2.64. The van der Waals surface area contributed by atoms with Crippen LogP contribution >= 0.6 is 0 Å². The third-order valence-electron chi connectivity index (χ3n) is 7.37. The standard InChI is InChI=1S/C28H27NO3/c30-25(19-20-13-15-21(16-14-20)26(31)32)29-28(22-9-3-1-4-10-22)24-12-6-5-11-23(24)27(28)17-7-2-8-18-27/h1,3-6,9-16H,2,7-8,17-19H2,(H,29,30)(H,31,32). The predicted molar refractivity (Wildman–Crippen MR) is 124 cm³/mol. The van der Waals surface area contributed by atoms with Crippen LogP contribution in [0.5, 0.6) is 0 Å². The number of carboxylic acid groups (broad SMARTS) is 1. The molecule has 4 heteroatoms. The zero-order chi connectivity index (χ0) is 22.2. The van der Waals surface area contributed by atoms with Crippen molar-refractivity contribution in [3.05, 3.63) is 107 Å². The molecule has 0 radical (unpaired) electrons. The van der Waals surface area contributed by atoms with Crippen LogP contribution in [-0.4, -0.2) is 17.0 Å². The monoisotopic (exact) mass is 425 g/mol. The first-order chi connectivity index (χ1) is 15.6. The second kappa shape index (κ2) is 7.94. The van der Waals surface area contributed by atoms with Crippen molar-refractivity contribution in [3.8, 4) is 0 Å². The molecular formula is C28H27NO3. The molecule has 2 N–H and O–H groups in total.